The standard InChI is InChI=1S/C16H19N3O5S2/c1-18(2)15(20)6-25-16-17-11-7-26(21,22)8-12(11)19(16)10-3-4-13-14(5-10)24-9-23-13/h3-5,11-12H,6-9H2,1-2H3/t11-,12-/m0/s1. The van der Waals surface area contributed by atoms with Crippen LogP contribution in [0.4, 0.5) is 5.69 Å². The number of thioether (sulfide) groups is 1. The molecule has 0 unspecified atom stereocenters. The number of carbonyl (C=O) groups is 1. The maximum atomic E-state index is 12.1. The Morgan fingerprint density at radius 1 is 1.31 bits per heavy atom. The van der Waals surface area contributed by atoms with E-state index in [1.165, 1.54) is 16.7 Å². The molecule has 0 aromatic heterocycles. The number of amides is 1. The van der Waals surface area contributed by atoms with Gasteiger partial charge in [-0.2, -0.15) is 0 Å². The van der Waals surface area contributed by atoms with E-state index in [4.69, 9.17) is 9.47 Å². The fraction of sp³-hybridized carbons (Fsp3) is 0.500. The first-order chi connectivity index (χ1) is 12.3. The monoisotopic (exact) mass is 397 g/mol. The van der Waals surface area contributed by atoms with Gasteiger partial charge in [-0.25, -0.2) is 8.42 Å². The number of sulfone groups is 1. The van der Waals surface area contributed by atoms with Gasteiger partial charge < -0.3 is 19.3 Å². The van der Waals surface area contributed by atoms with Crippen LogP contribution in [0, 0.1) is 0 Å². The molecule has 1 aromatic carbocycles. The van der Waals surface area contributed by atoms with E-state index in [1.54, 1.807) is 14.1 Å². The molecule has 0 saturated carbocycles. The molecule has 1 amide bonds. The third-order valence-corrected chi connectivity index (χ3v) is 7.22. The molecule has 1 fully saturated rings. The number of hydrogen-bond donors (Lipinski definition) is 0. The Balaban J connectivity index is 1.64. The number of carbonyl (C=O) groups excluding carboxylic acids is 1. The minimum atomic E-state index is -3.12. The number of benzene rings is 1. The molecule has 0 N–H and O–H groups in total. The highest BCUT2D eigenvalue weighted by Crippen LogP contribution is 2.40. The predicted octanol–water partition coefficient (Wildman–Crippen LogP) is 0.578. The minimum absolute atomic E-state index is 0.0204. The molecular formula is C16H19N3O5S2. The molecule has 0 radical (unpaired) electrons. The van der Waals surface area contributed by atoms with Crippen molar-refractivity contribution in [1.82, 2.24) is 4.90 Å². The molecule has 1 saturated heterocycles. The number of anilines is 1. The fourth-order valence-electron chi connectivity index (χ4n) is 3.23. The predicted molar refractivity (Wildman–Crippen MR) is 99.9 cm³/mol. The zero-order valence-corrected chi connectivity index (χ0v) is 16.0. The van der Waals surface area contributed by atoms with Crippen LogP contribution in [0.2, 0.25) is 0 Å². The molecule has 10 heteroatoms. The number of amidine groups is 1. The van der Waals surface area contributed by atoms with Crippen LogP contribution < -0.4 is 14.4 Å². The number of rotatable bonds is 3. The van der Waals surface area contributed by atoms with Gasteiger partial charge >= 0.3 is 0 Å². The molecule has 3 aliphatic rings. The number of nitrogens with zero attached hydrogens (tertiary/aromatic N) is 3. The summed E-state index contributed by atoms with van der Waals surface area (Å²) in [5.74, 6) is 1.62. The molecule has 2 atom stereocenters. The Kier molecular flexibility index (Phi) is 4.26. The summed E-state index contributed by atoms with van der Waals surface area (Å²) in [6.45, 7) is 0.173. The average molecular weight is 397 g/mol. The molecule has 3 heterocycles. The second-order valence-corrected chi connectivity index (χ2v) is 9.70. The number of fused-ring (bicyclic) bond motifs is 2. The molecule has 0 aliphatic carbocycles. The molecule has 4 rings (SSSR count). The van der Waals surface area contributed by atoms with Crippen molar-refractivity contribution < 1.29 is 22.7 Å². The second kappa shape index (κ2) is 6.34. The first-order valence-electron chi connectivity index (χ1n) is 8.14. The van der Waals surface area contributed by atoms with Crippen molar-refractivity contribution in [2.24, 2.45) is 4.99 Å². The van der Waals surface area contributed by atoms with Crippen molar-refractivity contribution >= 4 is 38.4 Å². The van der Waals surface area contributed by atoms with E-state index in [2.05, 4.69) is 4.99 Å². The van der Waals surface area contributed by atoms with Gasteiger partial charge in [-0.1, -0.05) is 11.8 Å². The highest BCUT2D eigenvalue weighted by molar-refractivity contribution is 8.14. The van der Waals surface area contributed by atoms with Crippen molar-refractivity contribution in [3.8, 4) is 11.5 Å². The van der Waals surface area contributed by atoms with Crippen molar-refractivity contribution in [3.63, 3.8) is 0 Å². The number of aliphatic imine (C=N–C) groups is 1. The highest BCUT2D eigenvalue weighted by atomic mass is 32.2. The van der Waals surface area contributed by atoms with Gasteiger partial charge in [-0.05, 0) is 12.1 Å². The zero-order valence-electron chi connectivity index (χ0n) is 14.4. The molecule has 26 heavy (non-hydrogen) atoms. The highest BCUT2D eigenvalue weighted by Gasteiger charge is 2.47. The van der Waals surface area contributed by atoms with Crippen LogP contribution in [0.1, 0.15) is 0 Å². The lowest BCUT2D eigenvalue weighted by molar-refractivity contribution is -0.125. The van der Waals surface area contributed by atoms with Gasteiger partial charge in [-0.3, -0.25) is 9.79 Å². The van der Waals surface area contributed by atoms with E-state index in [9.17, 15) is 13.2 Å². The lowest BCUT2D eigenvalue weighted by Gasteiger charge is -2.26. The first kappa shape index (κ1) is 17.5. The van der Waals surface area contributed by atoms with E-state index in [-0.39, 0.29) is 42.0 Å². The maximum absolute atomic E-state index is 12.1. The van der Waals surface area contributed by atoms with Crippen molar-refractivity contribution in [1.29, 1.82) is 0 Å². The van der Waals surface area contributed by atoms with Crippen LogP contribution in [0.15, 0.2) is 23.2 Å². The van der Waals surface area contributed by atoms with Gasteiger partial charge in [0.15, 0.2) is 26.5 Å². The Bertz CT molecular complexity index is 884. The van der Waals surface area contributed by atoms with E-state index < -0.39 is 9.84 Å². The van der Waals surface area contributed by atoms with Gasteiger partial charge in [-0.15, -0.1) is 0 Å². The summed E-state index contributed by atoms with van der Waals surface area (Å²) in [4.78, 5) is 20.0. The van der Waals surface area contributed by atoms with Crippen molar-refractivity contribution in [2.45, 2.75) is 12.1 Å². The Morgan fingerprint density at radius 3 is 2.85 bits per heavy atom. The lowest BCUT2D eigenvalue weighted by atomic mass is 10.1. The number of hydrogen-bond acceptors (Lipinski definition) is 8. The van der Waals surface area contributed by atoms with Crippen LogP contribution >= 0.6 is 11.8 Å². The van der Waals surface area contributed by atoms with Gasteiger partial charge in [0.1, 0.15) is 0 Å². The fourth-order valence-corrected chi connectivity index (χ4v) is 6.17. The van der Waals surface area contributed by atoms with E-state index in [0.717, 1.165) is 5.69 Å². The molecule has 0 bridgehead atoms. The van der Waals surface area contributed by atoms with E-state index in [1.807, 2.05) is 23.1 Å². The van der Waals surface area contributed by atoms with Gasteiger partial charge in [0.25, 0.3) is 0 Å². The van der Waals surface area contributed by atoms with Gasteiger partial charge in [0.05, 0.1) is 29.3 Å². The molecule has 1 aromatic rings. The summed E-state index contributed by atoms with van der Waals surface area (Å²) in [5.41, 5.74) is 0.794. The normalized spacial score (nSPS) is 25.2. The molecule has 8 nitrogen and oxygen atoms in total. The van der Waals surface area contributed by atoms with Crippen LogP contribution in [0.3, 0.4) is 0 Å². The average Bonchev–Trinajstić information content (AvgIpc) is 3.23. The van der Waals surface area contributed by atoms with Crippen LogP contribution in [-0.2, 0) is 14.6 Å². The smallest absolute Gasteiger partial charge is 0.232 e. The number of ether oxygens (including phenoxy) is 2. The topological polar surface area (TPSA) is 88.5 Å². The first-order valence-corrected chi connectivity index (χ1v) is 10.9. The van der Waals surface area contributed by atoms with Crippen LogP contribution in [-0.4, -0.2) is 74.6 Å². The van der Waals surface area contributed by atoms with Crippen molar-refractivity contribution in [3.05, 3.63) is 18.2 Å². The summed E-state index contributed by atoms with van der Waals surface area (Å²) in [7, 11) is 0.294. The summed E-state index contributed by atoms with van der Waals surface area (Å²) in [5, 5.41) is 0.670. The van der Waals surface area contributed by atoms with Crippen LogP contribution in [0.5, 0.6) is 11.5 Å². The maximum Gasteiger partial charge on any atom is 0.232 e. The van der Waals surface area contributed by atoms with Gasteiger partial charge in [0, 0.05) is 25.8 Å². The van der Waals surface area contributed by atoms with Crippen molar-refractivity contribution in [2.75, 3.05) is 43.0 Å². The quantitative estimate of drug-likeness (QED) is 0.737. The van der Waals surface area contributed by atoms with E-state index in [0.29, 0.717) is 16.7 Å². The Labute approximate surface area is 156 Å². The summed E-state index contributed by atoms with van der Waals surface area (Å²) in [6.07, 6.45) is 0. The molecular weight excluding hydrogens is 378 g/mol. The Hall–Kier alpha value is -1.94. The summed E-state index contributed by atoms with van der Waals surface area (Å²) >= 11 is 1.33. The van der Waals surface area contributed by atoms with Crippen LogP contribution in [0.25, 0.3) is 0 Å². The summed E-state index contributed by atoms with van der Waals surface area (Å²) < 4.78 is 34.9. The molecule has 3 aliphatic heterocycles. The zero-order chi connectivity index (χ0) is 18.5. The van der Waals surface area contributed by atoms with Gasteiger partial charge in [0.2, 0.25) is 12.7 Å². The minimum Gasteiger partial charge on any atom is -0.454 e. The SMILES string of the molecule is CN(C)C(=O)CSC1=N[C@H]2CS(=O)(=O)C[C@@H]2N1c1ccc2c(c1)OCO2. The Morgan fingerprint density at radius 2 is 2.08 bits per heavy atom. The largest absolute Gasteiger partial charge is 0.454 e. The van der Waals surface area contributed by atoms with E-state index >= 15 is 0 Å². The second-order valence-electron chi connectivity index (χ2n) is 6.61. The summed E-state index contributed by atoms with van der Waals surface area (Å²) in [6, 6.07) is 4.95. The molecule has 140 valence electrons. The lowest BCUT2D eigenvalue weighted by Crippen LogP contribution is -2.39. The third kappa shape index (κ3) is 3.11. The molecule has 0 spiro atoms. The third-order valence-electron chi connectivity index (χ3n) is 4.57.